The first-order valence-corrected chi connectivity index (χ1v) is 10.3. The third kappa shape index (κ3) is 14.3. The van der Waals surface area contributed by atoms with Gasteiger partial charge in [-0.25, -0.2) is 4.79 Å². The maximum absolute atomic E-state index is 12.0. The molecule has 0 bridgehead atoms. The van der Waals surface area contributed by atoms with Crippen LogP contribution in [0.15, 0.2) is 0 Å². The fraction of sp³-hybridized carbons (Fsp3) is 0.952. The van der Waals surface area contributed by atoms with Gasteiger partial charge in [-0.1, -0.05) is 65.2 Å². The number of esters is 1. The normalized spacial score (nSPS) is 13.0. The largest absolute Gasteiger partial charge is 0.461 e. The second-order valence-electron chi connectivity index (χ2n) is 7.50. The topological polar surface area (TPSA) is 44.8 Å². The number of carbonyl (C=O) groups excluding carboxylic acids is 1. The number of rotatable bonds is 17. The molecule has 0 aromatic rings. The molecule has 25 heavy (non-hydrogen) atoms. The van der Waals surface area contributed by atoms with Gasteiger partial charge in [-0.05, 0) is 33.1 Å². The minimum Gasteiger partial charge on any atom is -0.461 e. The van der Waals surface area contributed by atoms with Crippen molar-refractivity contribution >= 4 is 5.97 Å². The van der Waals surface area contributed by atoms with Crippen LogP contribution in [0.4, 0.5) is 0 Å². The molecule has 150 valence electrons. The van der Waals surface area contributed by atoms with Crippen LogP contribution in [0.5, 0.6) is 0 Å². The summed E-state index contributed by atoms with van der Waals surface area (Å²) in [6.45, 7) is 12.1. The summed E-state index contributed by atoms with van der Waals surface area (Å²) < 4.78 is 16.1. The third-order valence-corrected chi connectivity index (χ3v) is 4.51. The van der Waals surface area contributed by atoms with E-state index in [4.69, 9.17) is 14.2 Å². The van der Waals surface area contributed by atoms with Gasteiger partial charge in [-0.2, -0.15) is 0 Å². The second kappa shape index (κ2) is 15.6. The van der Waals surface area contributed by atoms with Crippen LogP contribution in [-0.2, 0) is 19.0 Å². The van der Waals surface area contributed by atoms with E-state index in [1.807, 2.05) is 6.92 Å². The van der Waals surface area contributed by atoms with Gasteiger partial charge in [0, 0.05) is 13.2 Å². The summed E-state index contributed by atoms with van der Waals surface area (Å²) in [6.07, 6.45) is 11.5. The van der Waals surface area contributed by atoms with Crippen molar-refractivity contribution in [2.75, 3.05) is 26.4 Å². The van der Waals surface area contributed by atoms with Gasteiger partial charge in [0.15, 0.2) is 5.60 Å². The zero-order chi connectivity index (χ0) is 19.0. The number of hydrogen-bond donors (Lipinski definition) is 0. The first-order chi connectivity index (χ1) is 11.9. The molecule has 0 aliphatic rings. The Morgan fingerprint density at radius 2 is 1.52 bits per heavy atom. The van der Waals surface area contributed by atoms with Crippen molar-refractivity contribution in [3.63, 3.8) is 0 Å². The summed E-state index contributed by atoms with van der Waals surface area (Å²) in [5.74, 6) is 0.543. The highest BCUT2D eigenvalue weighted by Gasteiger charge is 2.30. The van der Waals surface area contributed by atoms with Gasteiger partial charge >= 0.3 is 5.97 Å². The molecule has 0 aromatic heterocycles. The first kappa shape index (κ1) is 24.4. The van der Waals surface area contributed by atoms with Gasteiger partial charge in [-0.3, -0.25) is 0 Å². The quantitative estimate of drug-likeness (QED) is 0.253. The Hall–Kier alpha value is -0.610. The zero-order valence-electron chi connectivity index (χ0n) is 17.4. The molecular weight excluding hydrogens is 316 g/mol. The Morgan fingerprint density at radius 1 is 0.880 bits per heavy atom. The molecule has 0 N–H and O–H groups in total. The van der Waals surface area contributed by atoms with E-state index in [1.165, 1.54) is 44.9 Å². The molecule has 1 atom stereocenters. The molecule has 1 unspecified atom stereocenters. The minimum atomic E-state index is -0.875. The van der Waals surface area contributed by atoms with Crippen molar-refractivity contribution in [3.05, 3.63) is 0 Å². The van der Waals surface area contributed by atoms with Crippen molar-refractivity contribution in [1.29, 1.82) is 0 Å². The Kier molecular flexibility index (Phi) is 15.2. The lowest BCUT2D eigenvalue weighted by Crippen LogP contribution is -2.37. The standard InChI is InChI=1S/C21H42O4/c1-6-8-11-14-19(3)15-12-9-10-13-16-25-21(4,5)20(22)24-18-17-23-7-2/h19H,6-18H2,1-5H3. The molecule has 0 aliphatic heterocycles. The van der Waals surface area contributed by atoms with E-state index in [-0.39, 0.29) is 12.6 Å². The monoisotopic (exact) mass is 358 g/mol. The third-order valence-electron chi connectivity index (χ3n) is 4.51. The van der Waals surface area contributed by atoms with Crippen LogP contribution in [0.1, 0.15) is 92.4 Å². The molecule has 0 saturated carbocycles. The molecule has 0 fully saturated rings. The molecule has 0 amide bonds. The molecule has 4 nitrogen and oxygen atoms in total. The zero-order valence-corrected chi connectivity index (χ0v) is 17.4. The molecule has 0 aliphatic carbocycles. The Labute approximate surface area is 156 Å². The van der Waals surface area contributed by atoms with E-state index in [2.05, 4.69) is 13.8 Å². The van der Waals surface area contributed by atoms with E-state index in [0.29, 0.717) is 19.8 Å². The Morgan fingerprint density at radius 3 is 2.16 bits per heavy atom. The average molecular weight is 359 g/mol. The number of carbonyl (C=O) groups is 1. The highest BCUT2D eigenvalue weighted by atomic mass is 16.6. The van der Waals surface area contributed by atoms with Gasteiger partial charge < -0.3 is 14.2 Å². The van der Waals surface area contributed by atoms with Gasteiger partial charge in [0.1, 0.15) is 6.61 Å². The van der Waals surface area contributed by atoms with Crippen LogP contribution in [0.2, 0.25) is 0 Å². The maximum atomic E-state index is 12.0. The van der Waals surface area contributed by atoms with Crippen molar-refractivity contribution in [3.8, 4) is 0 Å². The van der Waals surface area contributed by atoms with Crippen LogP contribution < -0.4 is 0 Å². The van der Waals surface area contributed by atoms with E-state index >= 15 is 0 Å². The van der Waals surface area contributed by atoms with Crippen molar-refractivity contribution in [2.24, 2.45) is 5.92 Å². The summed E-state index contributed by atoms with van der Waals surface area (Å²) in [5.41, 5.74) is -0.875. The van der Waals surface area contributed by atoms with E-state index < -0.39 is 5.60 Å². The highest BCUT2D eigenvalue weighted by Crippen LogP contribution is 2.18. The number of hydrogen-bond acceptors (Lipinski definition) is 4. The molecule has 0 aromatic carbocycles. The van der Waals surface area contributed by atoms with Crippen LogP contribution in [0.3, 0.4) is 0 Å². The maximum Gasteiger partial charge on any atom is 0.337 e. The molecule has 0 saturated heterocycles. The molecule has 0 radical (unpaired) electrons. The van der Waals surface area contributed by atoms with Crippen LogP contribution in [-0.4, -0.2) is 38.0 Å². The summed E-state index contributed by atoms with van der Waals surface area (Å²) in [7, 11) is 0. The summed E-state index contributed by atoms with van der Waals surface area (Å²) in [6, 6.07) is 0. The van der Waals surface area contributed by atoms with Crippen molar-refractivity contribution < 1.29 is 19.0 Å². The summed E-state index contributed by atoms with van der Waals surface area (Å²) >= 11 is 0. The predicted molar refractivity (Wildman–Crippen MR) is 104 cm³/mol. The number of ether oxygens (including phenoxy) is 3. The van der Waals surface area contributed by atoms with Crippen molar-refractivity contribution in [2.45, 2.75) is 98.0 Å². The molecule has 0 rings (SSSR count). The smallest absolute Gasteiger partial charge is 0.337 e. The SMILES string of the molecule is CCCCCC(C)CCCCCCOC(C)(C)C(=O)OCCOCC. The van der Waals surface area contributed by atoms with Crippen LogP contribution in [0.25, 0.3) is 0 Å². The highest BCUT2D eigenvalue weighted by molar-refractivity contribution is 5.78. The van der Waals surface area contributed by atoms with Gasteiger partial charge in [-0.15, -0.1) is 0 Å². The summed E-state index contributed by atoms with van der Waals surface area (Å²) in [5, 5.41) is 0. The predicted octanol–water partition coefficient (Wildman–Crippen LogP) is 5.53. The minimum absolute atomic E-state index is 0.288. The van der Waals surface area contributed by atoms with Gasteiger partial charge in [0.2, 0.25) is 0 Å². The van der Waals surface area contributed by atoms with E-state index in [1.54, 1.807) is 13.8 Å². The van der Waals surface area contributed by atoms with Crippen LogP contribution in [0, 0.1) is 5.92 Å². The lowest BCUT2D eigenvalue weighted by atomic mass is 9.97. The molecule has 0 spiro atoms. The van der Waals surface area contributed by atoms with Crippen LogP contribution >= 0.6 is 0 Å². The van der Waals surface area contributed by atoms with E-state index in [9.17, 15) is 4.79 Å². The molecule has 4 heteroatoms. The lowest BCUT2D eigenvalue weighted by molar-refractivity contribution is -0.169. The first-order valence-electron chi connectivity index (χ1n) is 10.3. The fourth-order valence-corrected chi connectivity index (χ4v) is 2.73. The lowest BCUT2D eigenvalue weighted by Gasteiger charge is -2.23. The molecular formula is C21H42O4. The Bertz CT molecular complexity index is 315. The van der Waals surface area contributed by atoms with Gasteiger partial charge in [0.05, 0.1) is 6.61 Å². The number of unbranched alkanes of at least 4 members (excludes halogenated alkanes) is 5. The Balaban J connectivity index is 3.60. The summed E-state index contributed by atoms with van der Waals surface area (Å²) in [4.78, 5) is 12.0. The van der Waals surface area contributed by atoms with Gasteiger partial charge in [0.25, 0.3) is 0 Å². The van der Waals surface area contributed by atoms with E-state index in [0.717, 1.165) is 18.8 Å². The average Bonchev–Trinajstić information content (AvgIpc) is 2.57. The second-order valence-corrected chi connectivity index (χ2v) is 7.50. The fourth-order valence-electron chi connectivity index (χ4n) is 2.73. The molecule has 0 heterocycles. The van der Waals surface area contributed by atoms with Crippen molar-refractivity contribution in [1.82, 2.24) is 0 Å².